The molecule has 0 aliphatic carbocycles. The number of benzene rings is 2. The third kappa shape index (κ3) is 2.39. The Morgan fingerprint density at radius 3 is 2.75 bits per heavy atom. The van der Waals surface area contributed by atoms with Crippen molar-refractivity contribution in [3.63, 3.8) is 0 Å². The van der Waals surface area contributed by atoms with Crippen LogP contribution in [0.5, 0.6) is 11.5 Å². The molecule has 0 N–H and O–H groups in total. The van der Waals surface area contributed by atoms with E-state index in [-0.39, 0.29) is 12.7 Å². The zero-order valence-corrected chi connectivity index (χ0v) is 14.2. The Morgan fingerprint density at radius 1 is 1.25 bits per heavy atom. The molecular formula is C18H16N2O3S. The van der Waals surface area contributed by atoms with Crippen molar-refractivity contribution in [3.8, 4) is 11.5 Å². The summed E-state index contributed by atoms with van der Waals surface area (Å²) in [5.74, 6) is 1.25. The van der Waals surface area contributed by atoms with Crippen molar-refractivity contribution in [1.29, 1.82) is 0 Å². The zero-order valence-electron chi connectivity index (χ0n) is 13.4. The average molecular weight is 340 g/mol. The maximum absolute atomic E-state index is 12.6. The molecule has 2 heterocycles. The molecule has 0 radical (unpaired) electrons. The molecule has 0 bridgehead atoms. The van der Waals surface area contributed by atoms with E-state index in [1.54, 1.807) is 6.07 Å². The lowest BCUT2D eigenvalue weighted by molar-refractivity contribution is 0.0997. The first kappa shape index (κ1) is 15.0. The van der Waals surface area contributed by atoms with Gasteiger partial charge in [-0.25, -0.2) is 0 Å². The number of nitrogens with zero attached hydrogens (tertiary/aromatic N) is 2. The van der Waals surface area contributed by atoms with E-state index in [4.69, 9.17) is 9.47 Å². The minimum absolute atomic E-state index is 0.220. The fourth-order valence-corrected chi connectivity index (χ4v) is 3.91. The first-order chi connectivity index (χ1) is 11.7. The van der Waals surface area contributed by atoms with E-state index in [2.05, 4.69) is 4.99 Å². The van der Waals surface area contributed by atoms with E-state index in [1.807, 2.05) is 48.7 Å². The van der Waals surface area contributed by atoms with Gasteiger partial charge in [0.1, 0.15) is 0 Å². The molecule has 4 rings (SSSR count). The third-order valence-corrected chi connectivity index (χ3v) is 5.11. The van der Waals surface area contributed by atoms with Crippen molar-refractivity contribution in [3.05, 3.63) is 52.3 Å². The molecule has 0 saturated carbocycles. The fourth-order valence-electron chi connectivity index (χ4n) is 2.81. The maximum Gasteiger partial charge on any atom is 0.279 e. The van der Waals surface area contributed by atoms with Crippen LogP contribution in [-0.4, -0.2) is 17.3 Å². The molecule has 6 heteroatoms. The Hall–Kier alpha value is -2.60. The summed E-state index contributed by atoms with van der Waals surface area (Å²) in [7, 11) is 0. The van der Waals surface area contributed by atoms with Gasteiger partial charge in [0.05, 0.1) is 10.2 Å². The minimum atomic E-state index is -0.220. The second kappa shape index (κ2) is 5.79. The van der Waals surface area contributed by atoms with Crippen molar-refractivity contribution in [2.75, 3.05) is 6.79 Å². The van der Waals surface area contributed by atoms with E-state index in [1.165, 1.54) is 11.3 Å². The first-order valence-electron chi connectivity index (χ1n) is 7.75. The van der Waals surface area contributed by atoms with Gasteiger partial charge in [0, 0.05) is 24.2 Å². The van der Waals surface area contributed by atoms with Gasteiger partial charge in [-0.2, -0.15) is 4.99 Å². The van der Waals surface area contributed by atoms with Gasteiger partial charge in [-0.1, -0.05) is 29.5 Å². The summed E-state index contributed by atoms with van der Waals surface area (Å²) < 4.78 is 13.9. The van der Waals surface area contributed by atoms with Crippen LogP contribution >= 0.6 is 11.3 Å². The number of aromatic nitrogens is 1. The van der Waals surface area contributed by atoms with Crippen molar-refractivity contribution in [1.82, 2.24) is 4.57 Å². The van der Waals surface area contributed by atoms with Crippen LogP contribution in [0.2, 0.25) is 0 Å². The summed E-state index contributed by atoms with van der Waals surface area (Å²) in [5.41, 5.74) is 2.56. The number of carbonyl (C=O) groups excluding carboxylic acids is 1. The highest BCUT2D eigenvalue weighted by Gasteiger charge is 2.17. The molecule has 1 amide bonds. The van der Waals surface area contributed by atoms with Crippen LogP contribution in [-0.2, 0) is 6.54 Å². The molecule has 0 unspecified atom stereocenters. The Labute approximate surface area is 142 Å². The number of ether oxygens (including phenoxy) is 2. The van der Waals surface area contributed by atoms with Crippen LogP contribution in [0.1, 0.15) is 22.8 Å². The SMILES string of the molecule is CCn1c(=NC(=O)c2ccccc2C)sc2cc3c(cc21)OCO3. The molecule has 1 aliphatic heterocycles. The summed E-state index contributed by atoms with van der Waals surface area (Å²) in [6.45, 7) is 4.93. The highest BCUT2D eigenvalue weighted by Crippen LogP contribution is 2.36. The van der Waals surface area contributed by atoms with Crippen LogP contribution in [0, 0.1) is 6.92 Å². The van der Waals surface area contributed by atoms with Gasteiger partial charge in [0.15, 0.2) is 16.3 Å². The van der Waals surface area contributed by atoms with Crippen LogP contribution in [0.3, 0.4) is 0 Å². The third-order valence-electron chi connectivity index (χ3n) is 4.07. The van der Waals surface area contributed by atoms with Gasteiger partial charge < -0.3 is 14.0 Å². The van der Waals surface area contributed by atoms with Crippen molar-refractivity contribution in [2.45, 2.75) is 20.4 Å². The van der Waals surface area contributed by atoms with Gasteiger partial charge in [-0.15, -0.1) is 0 Å². The van der Waals surface area contributed by atoms with Gasteiger partial charge in [-0.3, -0.25) is 4.79 Å². The highest BCUT2D eigenvalue weighted by atomic mass is 32.1. The molecule has 24 heavy (non-hydrogen) atoms. The number of fused-ring (bicyclic) bond motifs is 2. The lowest BCUT2D eigenvalue weighted by atomic mass is 10.1. The second-order valence-corrected chi connectivity index (χ2v) is 6.54. The number of carbonyl (C=O) groups is 1. The molecule has 2 aromatic carbocycles. The number of aryl methyl sites for hydroxylation is 2. The minimum Gasteiger partial charge on any atom is -0.454 e. The van der Waals surface area contributed by atoms with E-state index >= 15 is 0 Å². The molecule has 1 aromatic heterocycles. The molecular weight excluding hydrogens is 324 g/mol. The average Bonchev–Trinajstić information content (AvgIpc) is 3.15. The lowest BCUT2D eigenvalue weighted by Crippen LogP contribution is -2.16. The van der Waals surface area contributed by atoms with Gasteiger partial charge in [0.25, 0.3) is 5.91 Å². The van der Waals surface area contributed by atoms with Crippen LogP contribution in [0.15, 0.2) is 41.4 Å². The van der Waals surface area contributed by atoms with Gasteiger partial charge >= 0.3 is 0 Å². The van der Waals surface area contributed by atoms with E-state index < -0.39 is 0 Å². The van der Waals surface area contributed by atoms with Crippen molar-refractivity contribution >= 4 is 27.5 Å². The molecule has 5 nitrogen and oxygen atoms in total. The monoisotopic (exact) mass is 340 g/mol. The summed E-state index contributed by atoms with van der Waals surface area (Å²) in [4.78, 5) is 17.6. The smallest absolute Gasteiger partial charge is 0.279 e. The molecule has 1 aliphatic rings. The van der Waals surface area contributed by atoms with Crippen LogP contribution in [0.4, 0.5) is 0 Å². The Bertz CT molecular complexity index is 1020. The number of amides is 1. The normalized spacial score (nSPS) is 13.7. The molecule has 0 saturated heterocycles. The Kier molecular flexibility index (Phi) is 3.61. The topological polar surface area (TPSA) is 52.8 Å². The number of thiazole rings is 1. The highest BCUT2D eigenvalue weighted by molar-refractivity contribution is 7.16. The van der Waals surface area contributed by atoms with E-state index in [9.17, 15) is 4.79 Å². The largest absolute Gasteiger partial charge is 0.454 e. The van der Waals surface area contributed by atoms with Crippen LogP contribution in [0.25, 0.3) is 10.2 Å². The number of hydrogen-bond donors (Lipinski definition) is 0. The Morgan fingerprint density at radius 2 is 2.00 bits per heavy atom. The Balaban J connectivity index is 1.87. The number of hydrogen-bond acceptors (Lipinski definition) is 4. The fraction of sp³-hybridized carbons (Fsp3) is 0.222. The summed E-state index contributed by atoms with van der Waals surface area (Å²) >= 11 is 1.48. The maximum atomic E-state index is 12.6. The van der Waals surface area contributed by atoms with Gasteiger partial charge in [-0.05, 0) is 25.5 Å². The number of rotatable bonds is 2. The van der Waals surface area contributed by atoms with Crippen LogP contribution < -0.4 is 14.3 Å². The zero-order chi connectivity index (χ0) is 16.7. The summed E-state index contributed by atoms with van der Waals surface area (Å²) in [5, 5.41) is 0. The summed E-state index contributed by atoms with van der Waals surface area (Å²) in [6.07, 6.45) is 0. The van der Waals surface area contributed by atoms with Gasteiger partial charge in [0.2, 0.25) is 6.79 Å². The van der Waals surface area contributed by atoms with E-state index in [0.717, 1.165) is 33.8 Å². The lowest BCUT2D eigenvalue weighted by Gasteiger charge is -2.02. The molecule has 0 spiro atoms. The van der Waals surface area contributed by atoms with E-state index in [0.29, 0.717) is 10.4 Å². The molecule has 3 aromatic rings. The first-order valence-corrected chi connectivity index (χ1v) is 8.56. The van der Waals surface area contributed by atoms with Crippen molar-refractivity contribution < 1.29 is 14.3 Å². The van der Waals surface area contributed by atoms with Crippen molar-refractivity contribution in [2.24, 2.45) is 4.99 Å². The summed E-state index contributed by atoms with van der Waals surface area (Å²) in [6, 6.07) is 11.4. The molecule has 0 atom stereocenters. The predicted octanol–water partition coefficient (Wildman–Crippen LogP) is 3.50. The standard InChI is InChI=1S/C18H16N2O3S/c1-3-20-13-8-14-15(23-10-22-14)9-16(13)24-18(20)19-17(21)12-7-5-4-6-11(12)2/h4-9H,3,10H2,1-2H3. The molecule has 122 valence electrons. The predicted molar refractivity (Wildman–Crippen MR) is 92.7 cm³/mol. The quantitative estimate of drug-likeness (QED) is 0.717. The molecule has 0 fully saturated rings. The second-order valence-electron chi connectivity index (χ2n) is 5.53.